The number of rotatable bonds is 4. The molecule has 18 heavy (non-hydrogen) atoms. The molecular formula is C9H6F4INO3. The summed E-state index contributed by atoms with van der Waals surface area (Å²) in [6.07, 6.45) is -5.65. The van der Waals surface area contributed by atoms with E-state index in [2.05, 4.69) is 9.72 Å². The van der Waals surface area contributed by atoms with Crippen molar-refractivity contribution >= 4 is 28.6 Å². The minimum atomic E-state index is -4.98. The minimum Gasteiger partial charge on any atom is -0.481 e. The average Bonchev–Trinajstić information content (AvgIpc) is 2.13. The van der Waals surface area contributed by atoms with Crippen molar-refractivity contribution in [1.82, 2.24) is 4.98 Å². The summed E-state index contributed by atoms with van der Waals surface area (Å²) in [5.41, 5.74) is -0.786. The van der Waals surface area contributed by atoms with Gasteiger partial charge in [0.2, 0.25) is 0 Å². The number of hydrogen-bond donors (Lipinski definition) is 1. The van der Waals surface area contributed by atoms with Crippen molar-refractivity contribution in [3.63, 3.8) is 0 Å². The van der Waals surface area contributed by atoms with Gasteiger partial charge >= 0.3 is 12.3 Å². The Morgan fingerprint density at radius 3 is 2.56 bits per heavy atom. The standard InChI is InChI=1S/C9H6F4INO3/c10-3-4-5(1-8(16)17)15-7(14)2-6(4)18-9(11,12)13/h2H,1,3H2,(H,16,17). The lowest BCUT2D eigenvalue weighted by Gasteiger charge is -2.14. The molecule has 1 rings (SSSR count). The van der Waals surface area contributed by atoms with E-state index in [0.717, 1.165) is 6.07 Å². The van der Waals surface area contributed by atoms with E-state index in [4.69, 9.17) is 5.11 Å². The number of carbonyl (C=O) groups is 1. The fourth-order valence-corrected chi connectivity index (χ4v) is 1.79. The van der Waals surface area contributed by atoms with Crippen LogP contribution in [0.5, 0.6) is 5.75 Å². The van der Waals surface area contributed by atoms with Gasteiger partial charge in [-0.1, -0.05) is 0 Å². The number of aliphatic carboxylic acids is 1. The molecule has 0 saturated carbocycles. The highest BCUT2D eigenvalue weighted by atomic mass is 127. The maximum absolute atomic E-state index is 12.7. The smallest absolute Gasteiger partial charge is 0.481 e. The van der Waals surface area contributed by atoms with E-state index in [1.807, 2.05) is 0 Å². The lowest BCUT2D eigenvalue weighted by Crippen LogP contribution is -2.19. The molecule has 0 unspecified atom stereocenters. The van der Waals surface area contributed by atoms with Crippen LogP contribution in [0.1, 0.15) is 11.3 Å². The second-order valence-electron chi connectivity index (χ2n) is 3.12. The number of carboxylic acid groups (broad SMARTS) is 1. The molecule has 1 aromatic heterocycles. The van der Waals surface area contributed by atoms with E-state index < -0.39 is 36.7 Å². The largest absolute Gasteiger partial charge is 0.573 e. The maximum atomic E-state index is 12.7. The van der Waals surface area contributed by atoms with Crippen LogP contribution in [0.4, 0.5) is 17.6 Å². The van der Waals surface area contributed by atoms with Gasteiger partial charge in [0.1, 0.15) is 16.1 Å². The summed E-state index contributed by atoms with van der Waals surface area (Å²) in [7, 11) is 0. The molecule has 0 atom stereocenters. The summed E-state index contributed by atoms with van der Waals surface area (Å²) < 4.78 is 52.8. The molecule has 1 N–H and O–H groups in total. The Hall–Kier alpha value is -1.13. The third-order valence-corrected chi connectivity index (χ3v) is 2.37. The van der Waals surface area contributed by atoms with Crippen LogP contribution in [0.25, 0.3) is 0 Å². The highest BCUT2D eigenvalue weighted by molar-refractivity contribution is 14.1. The first-order valence-corrected chi connectivity index (χ1v) is 5.52. The Morgan fingerprint density at radius 2 is 2.11 bits per heavy atom. The summed E-state index contributed by atoms with van der Waals surface area (Å²) in [5.74, 6) is -2.09. The van der Waals surface area contributed by atoms with Crippen molar-refractivity contribution in [3.05, 3.63) is 21.0 Å². The Labute approximate surface area is 112 Å². The predicted molar refractivity (Wildman–Crippen MR) is 59.8 cm³/mol. The molecule has 1 aromatic rings. The molecule has 0 spiro atoms. The first-order chi connectivity index (χ1) is 8.23. The van der Waals surface area contributed by atoms with E-state index in [0.29, 0.717) is 0 Å². The molecule has 0 aliphatic heterocycles. The summed E-state index contributed by atoms with van der Waals surface area (Å²) in [5, 5.41) is 8.57. The molecule has 0 aliphatic carbocycles. The summed E-state index contributed by atoms with van der Waals surface area (Å²) in [6, 6.07) is 0.897. The van der Waals surface area contributed by atoms with Crippen LogP contribution in [-0.2, 0) is 17.9 Å². The lowest BCUT2D eigenvalue weighted by atomic mass is 10.1. The SMILES string of the molecule is O=C(O)Cc1nc(I)cc(OC(F)(F)F)c1CF. The van der Waals surface area contributed by atoms with Crippen molar-refractivity contribution in [2.24, 2.45) is 0 Å². The Morgan fingerprint density at radius 1 is 1.50 bits per heavy atom. The molecule has 9 heteroatoms. The number of pyridine rings is 1. The Balaban J connectivity index is 3.24. The fraction of sp³-hybridized carbons (Fsp3) is 0.333. The van der Waals surface area contributed by atoms with E-state index >= 15 is 0 Å². The van der Waals surface area contributed by atoms with Gasteiger partial charge in [0.15, 0.2) is 0 Å². The van der Waals surface area contributed by atoms with Crippen LogP contribution >= 0.6 is 22.6 Å². The lowest BCUT2D eigenvalue weighted by molar-refractivity contribution is -0.275. The second kappa shape index (κ2) is 5.67. The van der Waals surface area contributed by atoms with Crippen molar-refractivity contribution in [1.29, 1.82) is 0 Å². The normalized spacial score (nSPS) is 11.4. The van der Waals surface area contributed by atoms with Gasteiger partial charge < -0.3 is 9.84 Å². The predicted octanol–water partition coefficient (Wildman–Crippen LogP) is 2.68. The van der Waals surface area contributed by atoms with Gasteiger partial charge in [-0.25, -0.2) is 9.37 Å². The average molecular weight is 379 g/mol. The van der Waals surface area contributed by atoms with Crippen molar-refractivity contribution in [2.75, 3.05) is 0 Å². The monoisotopic (exact) mass is 379 g/mol. The summed E-state index contributed by atoms with van der Waals surface area (Å²) >= 11 is 1.59. The highest BCUT2D eigenvalue weighted by Crippen LogP contribution is 2.30. The first kappa shape index (κ1) is 14.9. The molecule has 1 heterocycles. The number of halogens is 5. The molecule has 0 radical (unpaired) electrons. The van der Waals surface area contributed by atoms with Gasteiger partial charge in [-0.05, 0) is 22.6 Å². The zero-order valence-electron chi connectivity index (χ0n) is 8.59. The van der Waals surface area contributed by atoms with Gasteiger partial charge in [0.25, 0.3) is 0 Å². The number of hydrogen-bond acceptors (Lipinski definition) is 3. The zero-order valence-corrected chi connectivity index (χ0v) is 10.7. The molecule has 0 fully saturated rings. The number of aromatic nitrogens is 1. The molecular weight excluding hydrogens is 373 g/mol. The van der Waals surface area contributed by atoms with E-state index in [-0.39, 0.29) is 9.39 Å². The third kappa shape index (κ3) is 4.27. The number of carboxylic acids is 1. The molecule has 0 bridgehead atoms. The van der Waals surface area contributed by atoms with Gasteiger partial charge in [-0.2, -0.15) is 0 Å². The molecule has 100 valence electrons. The Bertz CT molecular complexity index is 464. The topological polar surface area (TPSA) is 59.4 Å². The third-order valence-electron chi connectivity index (χ3n) is 1.82. The van der Waals surface area contributed by atoms with Crippen LogP contribution in [0.2, 0.25) is 0 Å². The van der Waals surface area contributed by atoms with Crippen LogP contribution in [0.15, 0.2) is 6.07 Å². The van der Waals surface area contributed by atoms with E-state index in [9.17, 15) is 22.4 Å². The maximum Gasteiger partial charge on any atom is 0.573 e. The van der Waals surface area contributed by atoms with Gasteiger partial charge in [-0.3, -0.25) is 4.79 Å². The van der Waals surface area contributed by atoms with Crippen molar-refractivity contribution in [2.45, 2.75) is 19.5 Å². The van der Waals surface area contributed by atoms with Crippen molar-refractivity contribution < 1.29 is 32.2 Å². The molecule has 4 nitrogen and oxygen atoms in total. The zero-order chi connectivity index (χ0) is 13.9. The van der Waals surface area contributed by atoms with E-state index in [1.165, 1.54) is 0 Å². The number of alkyl halides is 4. The quantitative estimate of drug-likeness (QED) is 0.497. The van der Waals surface area contributed by atoms with Crippen LogP contribution in [0.3, 0.4) is 0 Å². The van der Waals surface area contributed by atoms with Gasteiger partial charge in [-0.15, -0.1) is 13.2 Å². The fourth-order valence-electron chi connectivity index (χ4n) is 1.21. The van der Waals surface area contributed by atoms with Crippen molar-refractivity contribution in [3.8, 4) is 5.75 Å². The van der Waals surface area contributed by atoms with Crippen LogP contribution in [-0.4, -0.2) is 22.4 Å². The number of ether oxygens (including phenoxy) is 1. The Kier molecular flexibility index (Phi) is 4.71. The summed E-state index contributed by atoms with van der Waals surface area (Å²) in [4.78, 5) is 14.2. The first-order valence-electron chi connectivity index (χ1n) is 4.44. The van der Waals surface area contributed by atoms with Gasteiger partial charge in [0, 0.05) is 11.6 Å². The molecule has 0 aromatic carbocycles. The highest BCUT2D eigenvalue weighted by Gasteiger charge is 2.33. The second-order valence-corrected chi connectivity index (χ2v) is 4.23. The minimum absolute atomic E-state index is 0.0836. The molecule has 0 saturated heterocycles. The van der Waals surface area contributed by atoms with Crippen LogP contribution in [0, 0.1) is 3.70 Å². The number of nitrogens with zero attached hydrogens (tertiary/aromatic N) is 1. The molecule has 0 aliphatic rings. The summed E-state index contributed by atoms with van der Waals surface area (Å²) in [6.45, 7) is -1.29. The van der Waals surface area contributed by atoms with E-state index in [1.54, 1.807) is 22.6 Å². The van der Waals surface area contributed by atoms with Gasteiger partial charge in [0.05, 0.1) is 12.1 Å². The van der Waals surface area contributed by atoms with Crippen LogP contribution < -0.4 is 4.74 Å². The molecule has 0 amide bonds.